The van der Waals surface area contributed by atoms with Gasteiger partial charge < -0.3 is 11.1 Å². The average Bonchev–Trinajstić information content (AvgIpc) is 2.61. The Hall–Kier alpha value is -0.580. The average molecular weight is 289 g/mol. The number of aryl methyl sites for hydroxylation is 2. The molecule has 5 heteroatoms. The van der Waals surface area contributed by atoms with E-state index in [1.165, 1.54) is 29.7 Å². The third kappa shape index (κ3) is 3.70. The van der Waals surface area contributed by atoms with Gasteiger partial charge in [0, 0.05) is 17.5 Å². The lowest BCUT2D eigenvalue weighted by molar-refractivity contribution is 0.0945. The van der Waals surface area contributed by atoms with E-state index in [1.807, 2.05) is 6.92 Å². The molecule has 2 rings (SSSR count). The smallest absolute Gasteiger partial charge is 0.261 e. The molecular formula is C13H21ClN2OS. The predicted octanol–water partition coefficient (Wildman–Crippen LogP) is 2.52. The highest BCUT2D eigenvalue weighted by Crippen LogP contribution is 2.28. The van der Waals surface area contributed by atoms with E-state index >= 15 is 0 Å². The minimum absolute atomic E-state index is 0. The Morgan fingerprint density at radius 3 is 2.89 bits per heavy atom. The van der Waals surface area contributed by atoms with E-state index in [1.54, 1.807) is 11.3 Å². The Bertz CT molecular complexity index is 382. The van der Waals surface area contributed by atoms with E-state index in [0.717, 1.165) is 17.7 Å². The lowest BCUT2D eigenvalue weighted by Gasteiger charge is -2.09. The summed E-state index contributed by atoms with van der Waals surface area (Å²) in [7, 11) is 0. The molecule has 0 bridgehead atoms. The molecule has 1 heterocycles. The molecule has 1 aromatic rings. The number of nitrogens with one attached hydrogen (secondary N) is 1. The highest BCUT2D eigenvalue weighted by molar-refractivity contribution is 7.14. The van der Waals surface area contributed by atoms with Crippen LogP contribution < -0.4 is 11.1 Å². The van der Waals surface area contributed by atoms with E-state index < -0.39 is 0 Å². The fourth-order valence-corrected chi connectivity index (χ4v) is 3.29. The summed E-state index contributed by atoms with van der Waals surface area (Å²) in [5.41, 5.74) is 6.89. The molecule has 0 spiro atoms. The van der Waals surface area contributed by atoms with Gasteiger partial charge in [0.1, 0.15) is 0 Å². The van der Waals surface area contributed by atoms with Crippen molar-refractivity contribution in [2.45, 2.75) is 45.1 Å². The molecule has 1 amide bonds. The third-order valence-corrected chi connectivity index (χ3v) is 4.44. The fourth-order valence-electron chi connectivity index (χ4n) is 2.13. The van der Waals surface area contributed by atoms with Crippen LogP contribution in [0.3, 0.4) is 0 Å². The lowest BCUT2D eigenvalue weighted by Crippen LogP contribution is -2.37. The number of carbonyl (C=O) groups is 1. The molecule has 3 nitrogen and oxygen atoms in total. The van der Waals surface area contributed by atoms with Crippen molar-refractivity contribution >= 4 is 29.7 Å². The van der Waals surface area contributed by atoms with Gasteiger partial charge in [-0.3, -0.25) is 4.79 Å². The Morgan fingerprint density at radius 1 is 1.44 bits per heavy atom. The molecular weight excluding hydrogens is 268 g/mol. The van der Waals surface area contributed by atoms with Gasteiger partial charge >= 0.3 is 0 Å². The van der Waals surface area contributed by atoms with Gasteiger partial charge in [0.05, 0.1) is 4.88 Å². The summed E-state index contributed by atoms with van der Waals surface area (Å²) in [4.78, 5) is 14.2. The minimum Gasteiger partial charge on any atom is -0.348 e. The van der Waals surface area contributed by atoms with Gasteiger partial charge in [0.15, 0.2) is 0 Å². The van der Waals surface area contributed by atoms with Crippen molar-refractivity contribution in [1.29, 1.82) is 0 Å². The quantitative estimate of drug-likeness (QED) is 0.840. The molecule has 0 radical (unpaired) electrons. The Labute approximate surface area is 119 Å². The normalized spacial score (nSPS) is 16.1. The molecule has 0 aliphatic heterocycles. The largest absolute Gasteiger partial charge is 0.348 e. The summed E-state index contributed by atoms with van der Waals surface area (Å²) in [5.74, 6) is 0.0287. The van der Waals surface area contributed by atoms with Gasteiger partial charge in [-0.1, -0.05) is 6.42 Å². The molecule has 0 saturated carbocycles. The van der Waals surface area contributed by atoms with E-state index in [9.17, 15) is 4.79 Å². The fraction of sp³-hybridized carbons (Fsp3) is 0.615. The van der Waals surface area contributed by atoms with Crippen molar-refractivity contribution < 1.29 is 4.79 Å². The summed E-state index contributed by atoms with van der Waals surface area (Å²) in [6, 6.07) is 2.12. The number of halogens is 1. The maximum absolute atomic E-state index is 12.0. The second kappa shape index (κ2) is 7.12. The molecule has 0 aromatic carbocycles. The zero-order valence-electron chi connectivity index (χ0n) is 10.7. The summed E-state index contributed by atoms with van der Waals surface area (Å²) in [6.07, 6.45) is 6.09. The number of fused-ring (bicyclic) bond motifs is 1. The van der Waals surface area contributed by atoms with E-state index in [-0.39, 0.29) is 24.4 Å². The van der Waals surface area contributed by atoms with Crippen LogP contribution in [0.25, 0.3) is 0 Å². The summed E-state index contributed by atoms with van der Waals surface area (Å²) >= 11 is 1.66. The van der Waals surface area contributed by atoms with Crippen LogP contribution in [0, 0.1) is 0 Å². The first-order chi connectivity index (χ1) is 8.20. The van der Waals surface area contributed by atoms with Gasteiger partial charge in [-0.05, 0) is 44.2 Å². The van der Waals surface area contributed by atoms with E-state index in [4.69, 9.17) is 5.73 Å². The van der Waals surface area contributed by atoms with Gasteiger partial charge in [0.2, 0.25) is 0 Å². The Kier molecular flexibility index (Phi) is 6.12. The van der Waals surface area contributed by atoms with Gasteiger partial charge in [-0.25, -0.2) is 0 Å². The van der Waals surface area contributed by atoms with Crippen LogP contribution >= 0.6 is 23.7 Å². The first kappa shape index (κ1) is 15.5. The molecule has 1 atom stereocenters. The Balaban J connectivity index is 0.00000162. The zero-order valence-corrected chi connectivity index (χ0v) is 12.3. The van der Waals surface area contributed by atoms with Gasteiger partial charge in [-0.15, -0.1) is 23.7 Å². The number of amides is 1. The standard InChI is InChI=1S/C13H20N2OS.ClH/c1-9(8-14)15-13(16)12-7-10-5-3-2-4-6-11(10)17-12;/h7,9H,2-6,8,14H2,1H3,(H,15,16);1H/t9-;/m0./s1. The highest BCUT2D eigenvalue weighted by Gasteiger charge is 2.17. The van der Waals surface area contributed by atoms with Crippen LogP contribution in [-0.2, 0) is 12.8 Å². The van der Waals surface area contributed by atoms with E-state index in [2.05, 4.69) is 11.4 Å². The summed E-state index contributed by atoms with van der Waals surface area (Å²) in [5, 5.41) is 2.92. The highest BCUT2D eigenvalue weighted by atomic mass is 35.5. The van der Waals surface area contributed by atoms with Crippen molar-refractivity contribution in [3.63, 3.8) is 0 Å². The maximum Gasteiger partial charge on any atom is 0.261 e. The minimum atomic E-state index is 0. The number of rotatable bonds is 3. The first-order valence-electron chi connectivity index (χ1n) is 6.33. The second-order valence-corrected chi connectivity index (χ2v) is 5.87. The van der Waals surface area contributed by atoms with Gasteiger partial charge in [-0.2, -0.15) is 0 Å². The number of nitrogens with two attached hydrogens (primary N) is 1. The summed E-state index contributed by atoms with van der Waals surface area (Å²) in [6.45, 7) is 2.41. The van der Waals surface area contributed by atoms with Crippen LogP contribution in [0.5, 0.6) is 0 Å². The van der Waals surface area contributed by atoms with Crippen LogP contribution in [0.2, 0.25) is 0 Å². The molecule has 1 aliphatic rings. The molecule has 3 N–H and O–H groups in total. The van der Waals surface area contributed by atoms with Crippen LogP contribution in [0.1, 0.15) is 46.3 Å². The van der Waals surface area contributed by atoms with Crippen molar-refractivity contribution in [1.82, 2.24) is 5.32 Å². The third-order valence-electron chi connectivity index (χ3n) is 3.20. The predicted molar refractivity (Wildman–Crippen MR) is 78.8 cm³/mol. The number of hydrogen-bond acceptors (Lipinski definition) is 3. The SMILES string of the molecule is C[C@@H](CN)NC(=O)c1cc2c(s1)CCCCC2.Cl. The van der Waals surface area contributed by atoms with Crippen molar-refractivity contribution in [3.05, 3.63) is 21.4 Å². The van der Waals surface area contributed by atoms with Gasteiger partial charge in [0.25, 0.3) is 5.91 Å². The number of hydrogen-bond donors (Lipinski definition) is 2. The molecule has 1 aliphatic carbocycles. The maximum atomic E-state index is 12.0. The lowest BCUT2D eigenvalue weighted by atomic mass is 10.1. The topological polar surface area (TPSA) is 55.1 Å². The monoisotopic (exact) mass is 288 g/mol. The Morgan fingerprint density at radius 2 is 2.17 bits per heavy atom. The summed E-state index contributed by atoms with van der Waals surface area (Å²) < 4.78 is 0. The van der Waals surface area contributed by atoms with Crippen LogP contribution in [0.15, 0.2) is 6.07 Å². The number of thiophene rings is 1. The molecule has 0 fully saturated rings. The number of carbonyl (C=O) groups excluding carboxylic acids is 1. The van der Waals surface area contributed by atoms with E-state index in [0.29, 0.717) is 6.54 Å². The molecule has 0 saturated heterocycles. The van der Waals surface area contributed by atoms with Crippen molar-refractivity contribution in [2.24, 2.45) is 5.73 Å². The molecule has 0 unspecified atom stereocenters. The first-order valence-corrected chi connectivity index (χ1v) is 7.15. The van der Waals surface area contributed by atoms with Crippen LogP contribution in [0.4, 0.5) is 0 Å². The second-order valence-electron chi connectivity index (χ2n) is 4.73. The van der Waals surface area contributed by atoms with Crippen molar-refractivity contribution in [2.75, 3.05) is 6.54 Å². The molecule has 102 valence electrons. The molecule has 1 aromatic heterocycles. The molecule has 18 heavy (non-hydrogen) atoms. The zero-order chi connectivity index (χ0) is 12.3. The van der Waals surface area contributed by atoms with Crippen LogP contribution in [-0.4, -0.2) is 18.5 Å². The van der Waals surface area contributed by atoms with Crippen molar-refractivity contribution in [3.8, 4) is 0 Å².